The summed E-state index contributed by atoms with van der Waals surface area (Å²) in [7, 11) is 0. The molecule has 16 heteroatoms. The van der Waals surface area contributed by atoms with Crippen molar-refractivity contribution < 1.29 is 42.1 Å². The van der Waals surface area contributed by atoms with Gasteiger partial charge in [-0.15, -0.1) is 6.42 Å². The van der Waals surface area contributed by atoms with Gasteiger partial charge in [-0.25, -0.2) is 27.7 Å². The van der Waals surface area contributed by atoms with Crippen LogP contribution in [0.2, 0.25) is 0 Å². The Morgan fingerprint density at radius 1 is 1.12 bits per heavy atom. The first-order valence-corrected chi connectivity index (χ1v) is 19.1. The number of halogens is 3. The molecule has 0 spiro atoms. The minimum Gasteiger partial charge on any atom is -0.472 e. The van der Waals surface area contributed by atoms with E-state index in [1.54, 1.807) is 56.0 Å². The highest BCUT2D eigenvalue weighted by Gasteiger charge is 2.54. The summed E-state index contributed by atoms with van der Waals surface area (Å²) in [5.74, 6) is -0.490. The summed E-state index contributed by atoms with van der Waals surface area (Å²) < 4.78 is 63.3. The van der Waals surface area contributed by atoms with Crippen LogP contribution in [0, 0.1) is 23.6 Å². The third kappa shape index (κ3) is 6.55. The molecule has 2 aromatic heterocycles. The average molecular weight is 786 g/mol. The standard InChI is InChI=1S/C41H42F3N7O6/c1-6-22-8-7-9-23-14-24(45-37(52)57-39(3,4)5)15-26(28(22)23)31-30(42)32-29-34(48-36(47-32)55-20-40(12-13-40)17-49-18-41(43,44)19-49)50-16-25-10-11-27(51(25)38(53)54)33(50)21(2)56-35(29)46-31/h1,7-9,14-15,21,25,27,33H,10-13,16-20H2,2-5H3,(H,45,52)(H,53,54). The van der Waals surface area contributed by atoms with Crippen LogP contribution in [-0.2, 0) is 4.74 Å². The van der Waals surface area contributed by atoms with E-state index in [0.29, 0.717) is 47.2 Å². The smallest absolute Gasteiger partial charge is 0.412 e. The van der Waals surface area contributed by atoms with Crippen molar-refractivity contribution >= 4 is 45.4 Å². The number of ether oxygens (including phenoxy) is 3. The minimum atomic E-state index is -2.70. The van der Waals surface area contributed by atoms with Crippen LogP contribution in [0.3, 0.4) is 0 Å². The maximum Gasteiger partial charge on any atom is 0.412 e. The molecule has 0 radical (unpaired) electrons. The first kappa shape index (κ1) is 37.0. The highest BCUT2D eigenvalue weighted by Crippen LogP contribution is 2.50. The van der Waals surface area contributed by atoms with Gasteiger partial charge in [0.05, 0.1) is 37.8 Å². The number of benzene rings is 2. The van der Waals surface area contributed by atoms with Gasteiger partial charge in [0.1, 0.15) is 34.1 Å². The fourth-order valence-electron chi connectivity index (χ4n) is 9.13. The van der Waals surface area contributed by atoms with Gasteiger partial charge in [0, 0.05) is 40.7 Å². The number of terminal acetylenes is 1. The molecule has 2 amide bonds. The van der Waals surface area contributed by atoms with E-state index in [1.165, 1.54) is 4.90 Å². The number of carbonyl (C=O) groups is 2. The molecule has 298 valence electrons. The van der Waals surface area contributed by atoms with Gasteiger partial charge in [-0.2, -0.15) is 9.97 Å². The quantitative estimate of drug-likeness (QED) is 0.189. The number of carboxylic acid groups (broad SMARTS) is 1. The number of amides is 2. The van der Waals surface area contributed by atoms with Crippen molar-refractivity contribution in [3.63, 3.8) is 0 Å². The number of aromatic nitrogens is 3. The van der Waals surface area contributed by atoms with E-state index in [1.807, 2.05) is 11.8 Å². The molecule has 4 atom stereocenters. The zero-order chi connectivity index (χ0) is 40.2. The number of nitrogens with zero attached hydrogens (tertiary/aromatic N) is 6. The van der Waals surface area contributed by atoms with Crippen LogP contribution in [0.15, 0.2) is 30.3 Å². The van der Waals surface area contributed by atoms with Gasteiger partial charge >= 0.3 is 18.2 Å². The molecule has 4 aliphatic heterocycles. The van der Waals surface area contributed by atoms with E-state index in [2.05, 4.69) is 16.2 Å². The summed E-state index contributed by atoms with van der Waals surface area (Å²) in [5.41, 5.74) is -0.442. The lowest BCUT2D eigenvalue weighted by Crippen LogP contribution is -2.64. The Morgan fingerprint density at radius 2 is 1.89 bits per heavy atom. The van der Waals surface area contributed by atoms with Crippen LogP contribution >= 0.6 is 0 Å². The highest BCUT2D eigenvalue weighted by molar-refractivity contribution is 6.06. The molecule has 3 saturated heterocycles. The summed E-state index contributed by atoms with van der Waals surface area (Å²) in [5, 5.41) is 14.3. The normalized spacial score (nSPS) is 24.2. The van der Waals surface area contributed by atoms with Gasteiger partial charge in [0.2, 0.25) is 5.88 Å². The number of nitrogens with one attached hydrogen (secondary N) is 1. The van der Waals surface area contributed by atoms with Gasteiger partial charge in [-0.05, 0) is 77.0 Å². The summed E-state index contributed by atoms with van der Waals surface area (Å²) in [6, 6.07) is 7.15. The SMILES string of the molecule is C#Cc1cccc2cc(NC(=O)OC(C)(C)C)cc(-c3nc4c5c(nc(OCC6(CN7CC(F)(F)C7)CC6)nc5c3F)N3CC5CCC(C3C(C)O4)N5C(=O)O)c12. The molecule has 5 aliphatic rings. The molecule has 2 aromatic carbocycles. The molecule has 2 bridgehead atoms. The van der Waals surface area contributed by atoms with Crippen molar-refractivity contribution in [1.82, 2.24) is 24.8 Å². The number of hydrogen-bond acceptors (Lipinski definition) is 10. The van der Waals surface area contributed by atoms with Crippen molar-refractivity contribution in [1.29, 1.82) is 0 Å². The lowest BCUT2D eigenvalue weighted by atomic mass is 9.95. The molecule has 9 rings (SSSR count). The summed E-state index contributed by atoms with van der Waals surface area (Å²) in [4.78, 5) is 44.9. The molecule has 4 fully saturated rings. The van der Waals surface area contributed by atoms with Crippen LogP contribution < -0.4 is 19.7 Å². The maximum atomic E-state index is 17.6. The molecule has 57 heavy (non-hydrogen) atoms. The van der Waals surface area contributed by atoms with Gasteiger partial charge < -0.3 is 24.2 Å². The van der Waals surface area contributed by atoms with Crippen molar-refractivity contribution in [2.24, 2.45) is 5.41 Å². The van der Waals surface area contributed by atoms with Gasteiger partial charge in [0.15, 0.2) is 5.82 Å². The third-order valence-corrected chi connectivity index (χ3v) is 11.7. The lowest BCUT2D eigenvalue weighted by molar-refractivity contribution is -0.137. The number of fused-ring (bicyclic) bond motifs is 6. The van der Waals surface area contributed by atoms with E-state index >= 15 is 4.39 Å². The Labute approximate surface area is 326 Å². The van der Waals surface area contributed by atoms with E-state index < -0.39 is 47.7 Å². The number of hydrogen-bond donors (Lipinski definition) is 2. The van der Waals surface area contributed by atoms with E-state index in [-0.39, 0.29) is 71.7 Å². The predicted octanol–water partition coefficient (Wildman–Crippen LogP) is 6.90. The number of piperazine rings is 1. The van der Waals surface area contributed by atoms with E-state index in [9.17, 15) is 23.5 Å². The molecule has 4 unspecified atom stereocenters. The summed E-state index contributed by atoms with van der Waals surface area (Å²) in [6.07, 6.45) is 6.39. The second kappa shape index (κ2) is 13.0. The Balaban J connectivity index is 1.19. The molecule has 6 heterocycles. The van der Waals surface area contributed by atoms with Crippen LogP contribution in [0.1, 0.15) is 58.9 Å². The van der Waals surface area contributed by atoms with Gasteiger partial charge in [-0.3, -0.25) is 15.1 Å². The molecular formula is C41H42F3N7O6. The van der Waals surface area contributed by atoms with Crippen LogP contribution in [0.4, 0.5) is 34.3 Å². The van der Waals surface area contributed by atoms with E-state index in [4.69, 9.17) is 30.6 Å². The largest absolute Gasteiger partial charge is 0.472 e. The van der Waals surface area contributed by atoms with Gasteiger partial charge in [-0.1, -0.05) is 18.1 Å². The van der Waals surface area contributed by atoms with Gasteiger partial charge in [0.25, 0.3) is 5.92 Å². The second-order valence-corrected chi connectivity index (χ2v) is 17.1. The Bertz CT molecular complexity index is 2390. The summed E-state index contributed by atoms with van der Waals surface area (Å²) >= 11 is 0. The summed E-state index contributed by atoms with van der Waals surface area (Å²) in [6.45, 7) is 7.29. The fourth-order valence-corrected chi connectivity index (χ4v) is 9.13. The van der Waals surface area contributed by atoms with Crippen LogP contribution in [0.5, 0.6) is 11.9 Å². The number of anilines is 2. The fraction of sp³-hybridized carbons (Fsp3) is 0.488. The number of pyridine rings is 1. The van der Waals surface area contributed by atoms with Crippen molar-refractivity contribution in [2.75, 3.05) is 43.0 Å². The highest BCUT2D eigenvalue weighted by atomic mass is 19.3. The van der Waals surface area contributed by atoms with Crippen LogP contribution in [-0.4, -0.2) is 111 Å². The number of rotatable bonds is 7. The number of carbonyl (C=O) groups excluding carboxylic acids is 1. The Morgan fingerprint density at radius 3 is 2.58 bits per heavy atom. The number of alkyl halides is 2. The molecular weight excluding hydrogens is 743 g/mol. The topological polar surface area (TPSA) is 142 Å². The lowest BCUT2D eigenvalue weighted by Gasteiger charge is -2.47. The van der Waals surface area contributed by atoms with Crippen LogP contribution in [0.25, 0.3) is 32.9 Å². The second-order valence-electron chi connectivity index (χ2n) is 17.1. The first-order chi connectivity index (χ1) is 27.0. The zero-order valence-corrected chi connectivity index (χ0v) is 31.9. The first-order valence-electron chi connectivity index (χ1n) is 19.1. The van der Waals surface area contributed by atoms with Crippen molar-refractivity contribution in [2.45, 2.75) is 89.1 Å². The third-order valence-electron chi connectivity index (χ3n) is 11.7. The van der Waals surface area contributed by atoms with Crippen molar-refractivity contribution in [3.05, 3.63) is 41.7 Å². The molecule has 13 nitrogen and oxygen atoms in total. The molecule has 1 saturated carbocycles. The molecule has 1 aliphatic carbocycles. The monoisotopic (exact) mass is 785 g/mol. The number of likely N-dealkylation sites (tertiary alicyclic amines) is 1. The zero-order valence-electron chi connectivity index (χ0n) is 31.9. The predicted molar refractivity (Wildman–Crippen MR) is 204 cm³/mol. The van der Waals surface area contributed by atoms with E-state index in [0.717, 1.165) is 12.8 Å². The molecule has 2 N–H and O–H groups in total. The maximum absolute atomic E-state index is 17.6. The van der Waals surface area contributed by atoms with Crippen molar-refractivity contribution in [3.8, 4) is 35.5 Å². The Hall–Kier alpha value is -5.56. The minimum absolute atomic E-state index is 0.0387. The Kier molecular flexibility index (Phi) is 8.44. The molecule has 4 aromatic rings. The average Bonchev–Trinajstić information content (AvgIpc) is 3.84.